The number of carbonyl (C=O) groups is 2. The summed E-state index contributed by atoms with van der Waals surface area (Å²) in [6, 6.07) is 12.6. The van der Waals surface area contributed by atoms with E-state index in [1.165, 1.54) is 0 Å². The molecule has 0 radical (unpaired) electrons. The van der Waals surface area contributed by atoms with Crippen molar-refractivity contribution >= 4 is 53.7 Å². The normalized spacial score (nSPS) is 11.0. The standard InChI is InChI=1S/C22H24Cl2N2O2.ClH/c1-6-17-7-9-18(10-8-17)20(27)14-22(4,5)26(24)25(23)21(28)19-12-15(2)11-16(3)13-19;/h6-13H,1,14H2,2-5H3;1H. The lowest BCUT2D eigenvalue weighted by atomic mass is 9.94. The molecule has 0 N–H and O–H groups in total. The van der Waals surface area contributed by atoms with E-state index in [-0.39, 0.29) is 24.6 Å². The van der Waals surface area contributed by atoms with Gasteiger partial charge in [0.1, 0.15) is 0 Å². The molecule has 0 fully saturated rings. The molecule has 4 nitrogen and oxygen atoms in total. The van der Waals surface area contributed by atoms with Gasteiger partial charge in [-0.2, -0.15) is 4.53 Å². The summed E-state index contributed by atoms with van der Waals surface area (Å²) in [6.07, 6.45) is 1.79. The molecule has 2 aromatic rings. The van der Waals surface area contributed by atoms with E-state index in [9.17, 15) is 9.59 Å². The first-order valence-corrected chi connectivity index (χ1v) is 9.53. The predicted octanol–water partition coefficient (Wildman–Crippen LogP) is 6.39. The van der Waals surface area contributed by atoms with E-state index in [4.69, 9.17) is 23.6 Å². The third-order valence-corrected chi connectivity index (χ3v) is 5.34. The molecule has 2 rings (SSSR count). The Morgan fingerprint density at radius 3 is 2.00 bits per heavy atom. The van der Waals surface area contributed by atoms with Crippen LogP contribution in [0.25, 0.3) is 6.08 Å². The van der Waals surface area contributed by atoms with E-state index in [2.05, 4.69) is 6.58 Å². The number of rotatable bonds is 7. The van der Waals surface area contributed by atoms with Crippen LogP contribution in [-0.2, 0) is 0 Å². The van der Waals surface area contributed by atoms with Crippen LogP contribution in [-0.4, -0.2) is 26.3 Å². The molecular weight excluding hydrogens is 431 g/mol. The van der Waals surface area contributed by atoms with Gasteiger partial charge in [0.2, 0.25) is 0 Å². The van der Waals surface area contributed by atoms with Crippen molar-refractivity contribution in [3.05, 3.63) is 76.9 Å². The van der Waals surface area contributed by atoms with Gasteiger partial charge in [-0.3, -0.25) is 9.59 Å². The lowest BCUT2D eigenvalue weighted by Crippen LogP contribution is -2.48. The minimum Gasteiger partial charge on any atom is -0.294 e. The monoisotopic (exact) mass is 454 g/mol. The molecular formula is C22H25Cl3N2O2. The van der Waals surface area contributed by atoms with E-state index in [1.54, 1.807) is 44.2 Å². The second kappa shape index (κ2) is 10.3. The molecule has 0 aliphatic carbocycles. The maximum atomic E-state index is 12.7. The van der Waals surface area contributed by atoms with Crippen molar-refractivity contribution in [3.63, 3.8) is 0 Å². The number of amides is 1. The van der Waals surface area contributed by atoms with Crippen LogP contribution >= 0.6 is 36.0 Å². The van der Waals surface area contributed by atoms with Gasteiger partial charge in [-0.05, 0) is 45.4 Å². The number of nitrogens with zero attached hydrogens (tertiary/aromatic N) is 2. The lowest BCUT2D eigenvalue weighted by Gasteiger charge is -2.36. The first-order chi connectivity index (χ1) is 13.0. The maximum absolute atomic E-state index is 12.7. The SMILES string of the molecule is C=Cc1ccc(C(=O)CC(C)(C)N(Cl)N(Cl)C(=O)c2cc(C)cc(C)c2)cc1.Cl. The first kappa shape index (κ1) is 25.2. The second-order valence-electron chi connectivity index (χ2n) is 7.44. The Kier molecular flexibility index (Phi) is 8.91. The van der Waals surface area contributed by atoms with Gasteiger partial charge in [-0.1, -0.05) is 54.1 Å². The highest BCUT2D eigenvalue weighted by atomic mass is 35.5. The summed E-state index contributed by atoms with van der Waals surface area (Å²) in [5.41, 5.74) is 2.93. The highest BCUT2D eigenvalue weighted by Gasteiger charge is 2.35. The number of carbonyl (C=O) groups excluding carboxylic acids is 2. The number of hydrogen-bond acceptors (Lipinski definition) is 3. The van der Waals surface area contributed by atoms with Crippen LogP contribution in [0.2, 0.25) is 0 Å². The summed E-state index contributed by atoms with van der Waals surface area (Å²) in [5.74, 6) is -0.561. The Morgan fingerprint density at radius 1 is 1.00 bits per heavy atom. The molecule has 29 heavy (non-hydrogen) atoms. The summed E-state index contributed by atoms with van der Waals surface area (Å²) >= 11 is 12.6. The summed E-state index contributed by atoms with van der Waals surface area (Å²) in [6.45, 7) is 11.0. The van der Waals surface area contributed by atoms with E-state index in [0.717, 1.165) is 25.7 Å². The third-order valence-electron chi connectivity index (χ3n) is 4.35. The van der Waals surface area contributed by atoms with Crippen LogP contribution in [0.15, 0.2) is 49.0 Å². The van der Waals surface area contributed by atoms with Gasteiger partial charge in [0, 0.05) is 41.1 Å². The molecule has 0 heterocycles. The number of ketones is 1. The van der Waals surface area contributed by atoms with Crippen molar-refractivity contribution in [3.8, 4) is 0 Å². The number of Topliss-reactive ketones (excluding diaryl/α,β-unsaturated/α-hetero) is 1. The van der Waals surface area contributed by atoms with Gasteiger partial charge < -0.3 is 0 Å². The molecule has 1 amide bonds. The van der Waals surface area contributed by atoms with Gasteiger partial charge in [-0.25, -0.2) is 0 Å². The molecule has 0 saturated heterocycles. The average Bonchev–Trinajstić information content (AvgIpc) is 2.65. The number of benzene rings is 2. The predicted molar refractivity (Wildman–Crippen MR) is 122 cm³/mol. The van der Waals surface area contributed by atoms with Gasteiger partial charge in [-0.15, -0.1) is 16.9 Å². The minimum atomic E-state index is -0.897. The molecule has 0 aromatic heterocycles. The van der Waals surface area contributed by atoms with Crippen molar-refractivity contribution in [2.45, 2.75) is 39.7 Å². The molecule has 0 saturated carbocycles. The Morgan fingerprint density at radius 2 is 1.52 bits per heavy atom. The van der Waals surface area contributed by atoms with Crippen molar-refractivity contribution in [1.82, 2.24) is 9.06 Å². The summed E-state index contributed by atoms with van der Waals surface area (Å²) in [4.78, 5) is 25.4. The van der Waals surface area contributed by atoms with Crippen LogP contribution in [0.1, 0.15) is 57.7 Å². The minimum absolute atomic E-state index is 0. The van der Waals surface area contributed by atoms with Crippen molar-refractivity contribution in [2.75, 3.05) is 0 Å². The Balaban J connectivity index is 0.00000420. The van der Waals surface area contributed by atoms with Crippen LogP contribution in [0.4, 0.5) is 0 Å². The van der Waals surface area contributed by atoms with E-state index in [1.807, 2.05) is 32.0 Å². The van der Waals surface area contributed by atoms with Crippen molar-refractivity contribution in [2.24, 2.45) is 0 Å². The Hall–Kier alpha value is -1.85. The molecule has 0 atom stereocenters. The fraction of sp³-hybridized carbons (Fsp3) is 0.273. The molecule has 0 unspecified atom stereocenters. The zero-order valence-corrected chi connectivity index (χ0v) is 19.2. The highest BCUT2D eigenvalue weighted by Crippen LogP contribution is 2.28. The van der Waals surface area contributed by atoms with E-state index < -0.39 is 11.4 Å². The summed E-state index contributed by atoms with van der Waals surface area (Å²) in [7, 11) is 0. The van der Waals surface area contributed by atoms with Gasteiger partial charge in [0.05, 0.1) is 5.54 Å². The van der Waals surface area contributed by atoms with Gasteiger partial charge >= 0.3 is 0 Å². The Bertz CT molecular complexity index is 875. The summed E-state index contributed by atoms with van der Waals surface area (Å²) in [5, 5.41) is 0. The molecule has 0 aliphatic heterocycles. The third kappa shape index (κ3) is 6.31. The molecule has 0 bridgehead atoms. The summed E-state index contributed by atoms with van der Waals surface area (Å²) < 4.78 is 1.90. The lowest BCUT2D eigenvalue weighted by molar-refractivity contribution is 0.0374. The largest absolute Gasteiger partial charge is 0.294 e. The van der Waals surface area contributed by atoms with Crippen molar-refractivity contribution in [1.29, 1.82) is 0 Å². The average molecular weight is 456 g/mol. The molecule has 0 aliphatic rings. The molecule has 0 spiro atoms. The van der Waals surface area contributed by atoms with Gasteiger partial charge in [0.15, 0.2) is 5.78 Å². The molecule has 7 heteroatoms. The fourth-order valence-electron chi connectivity index (χ4n) is 2.89. The van der Waals surface area contributed by atoms with E-state index >= 15 is 0 Å². The van der Waals surface area contributed by atoms with Crippen molar-refractivity contribution < 1.29 is 9.59 Å². The number of halogens is 3. The van der Waals surface area contributed by atoms with Crippen LogP contribution in [0.5, 0.6) is 0 Å². The zero-order chi connectivity index (χ0) is 21.1. The van der Waals surface area contributed by atoms with Crippen LogP contribution in [0.3, 0.4) is 0 Å². The maximum Gasteiger partial charge on any atom is 0.284 e. The highest BCUT2D eigenvalue weighted by molar-refractivity contribution is 6.27. The number of hydrogen-bond donors (Lipinski definition) is 0. The fourth-order valence-corrected chi connectivity index (χ4v) is 3.32. The van der Waals surface area contributed by atoms with Gasteiger partial charge in [0.25, 0.3) is 5.91 Å². The second-order valence-corrected chi connectivity index (χ2v) is 8.08. The quantitative estimate of drug-likeness (QED) is 0.276. The zero-order valence-electron chi connectivity index (χ0n) is 16.9. The molecule has 156 valence electrons. The topological polar surface area (TPSA) is 40.6 Å². The Labute approximate surface area is 188 Å². The number of hydrazine groups is 1. The smallest absolute Gasteiger partial charge is 0.284 e. The first-order valence-electron chi connectivity index (χ1n) is 8.85. The van der Waals surface area contributed by atoms with E-state index in [0.29, 0.717) is 11.1 Å². The molecule has 2 aromatic carbocycles. The number of aryl methyl sites for hydroxylation is 2. The van der Waals surface area contributed by atoms with Crippen LogP contribution in [0, 0.1) is 13.8 Å². The van der Waals surface area contributed by atoms with Crippen LogP contribution < -0.4 is 0 Å².